The van der Waals surface area contributed by atoms with Gasteiger partial charge in [-0.25, -0.2) is 0 Å². The van der Waals surface area contributed by atoms with Gasteiger partial charge in [-0.05, 0) is 111 Å². The van der Waals surface area contributed by atoms with Crippen molar-refractivity contribution >= 4 is 0 Å². The van der Waals surface area contributed by atoms with Crippen LogP contribution in [0.1, 0.15) is 99.3 Å². The number of rotatable bonds is 4. The van der Waals surface area contributed by atoms with Crippen molar-refractivity contribution < 1.29 is 0 Å². The molecule has 0 bridgehead atoms. The maximum absolute atomic E-state index is 3.80. The zero-order valence-corrected chi connectivity index (χ0v) is 16.7. The van der Waals surface area contributed by atoms with Crippen molar-refractivity contribution in [3.8, 4) is 0 Å². The van der Waals surface area contributed by atoms with Crippen molar-refractivity contribution in [2.75, 3.05) is 0 Å². The highest BCUT2D eigenvalue weighted by atomic mass is 15.0. The van der Waals surface area contributed by atoms with Crippen LogP contribution in [0.15, 0.2) is 0 Å². The SMILES string of the molecule is CC(C)(C)NC1CCC(CC2CCC(NC(C)(C)C)CC2)CC1. The van der Waals surface area contributed by atoms with E-state index in [0.29, 0.717) is 0 Å². The second-order valence-electron chi connectivity index (χ2n) is 10.5. The third-order valence-electron chi connectivity index (χ3n) is 5.63. The second kappa shape index (κ2) is 7.87. The van der Waals surface area contributed by atoms with Crippen LogP contribution >= 0.6 is 0 Å². The molecule has 0 spiro atoms. The molecule has 2 N–H and O–H groups in total. The predicted molar refractivity (Wildman–Crippen MR) is 102 cm³/mol. The molecular weight excluding hydrogens is 280 g/mol. The first-order valence-electron chi connectivity index (χ1n) is 10.2. The third kappa shape index (κ3) is 7.56. The van der Waals surface area contributed by atoms with Crippen molar-refractivity contribution in [3.05, 3.63) is 0 Å². The van der Waals surface area contributed by atoms with Crippen molar-refractivity contribution in [2.24, 2.45) is 11.8 Å². The highest BCUT2D eigenvalue weighted by Crippen LogP contribution is 2.36. The summed E-state index contributed by atoms with van der Waals surface area (Å²) in [6.45, 7) is 13.8. The minimum Gasteiger partial charge on any atom is -0.309 e. The van der Waals surface area contributed by atoms with E-state index in [1.54, 1.807) is 0 Å². The molecule has 0 atom stereocenters. The van der Waals surface area contributed by atoms with Gasteiger partial charge in [-0.15, -0.1) is 0 Å². The lowest BCUT2D eigenvalue weighted by atomic mass is 9.75. The Labute approximate surface area is 145 Å². The van der Waals surface area contributed by atoms with Crippen molar-refractivity contribution in [2.45, 2.75) is 122 Å². The molecule has 0 radical (unpaired) electrons. The maximum Gasteiger partial charge on any atom is 0.00990 e. The lowest BCUT2D eigenvalue weighted by molar-refractivity contribution is 0.187. The van der Waals surface area contributed by atoms with E-state index in [1.165, 1.54) is 57.8 Å². The van der Waals surface area contributed by atoms with Crippen LogP contribution in [-0.2, 0) is 0 Å². The Morgan fingerprint density at radius 2 is 0.870 bits per heavy atom. The molecule has 0 aromatic rings. The fraction of sp³-hybridized carbons (Fsp3) is 1.00. The monoisotopic (exact) mass is 322 g/mol. The maximum atomic E-state index is 3.80. The molecule has 2 nitrogen and oxygen atoms in total. The summed E-state index contributed by atoms with van der Waals surface area (Å²) in [5.74, 6) is 2.01. The van der Waals surface area contributed by atoms with Gasteiger partial charge in [0, 0.05) is 23.2 Å². The second-order valence-corrected chi connectivity index (χ2v) is 10.5. The molecule has 2 aliphatic carbocycles. The van der Waals surface area contributed by atoms with Crippen molar-refractivity contribution in [3.63, 3.8) is 0 Å². The fourth-order valence-electron chi connectivity index (χ4n) is 4.78. The van der Waals surface area contributed by atoms with Gasteiger partial charge in [0.25, 0.3) is 0 Å². The summed E-state index contributed by atoms with van der Waals surface area (Å²) >= 11 is 0. The zero-order valence-electron chi connectivity index (χ0n) is 16.7. The van der Waals surface area contributed by atoms with Crippen LogP contribution in [0, 0.1) is 11.8 Å². The van der Waals surface area contributed by atoms with Gasteiger partial charge in [-0.2, -0.15) is 0 Å². The lowest BCUT2D eigenvalue weighted by Crippen LogP contribution is -2.46. The summed E-state index contributed by atoms with van der Waals surface area (Å²) < 4.78 is 0. The fourth-order valence-corrected chi connectivity index (χ4v) is 4.78. The normalized spacial score (nSPS) is 33.7. The van der Waals surface area contributed by atoms with Gasteiger partial charge in [0.2, 0.25) is 0 Å². The van der Waals surface area contributed by atoms with Gasteiger partial charge < -0.3 is 10.6 Å². The van der Waals surface area contributed by atoms with E-state index in [9.17, 15) is 0 Å². The Kier molecular flexibility index (Phi) is 6.58. The molecular formula is C21H42N2. The van der Waals surface area contributed by atoms with Crippen LogP contribution in [0.5, 0.6) is 0 Å². The molecule has 0 unspecified atom stereocenters. The Bertz CT molecular complexity index is 300. The van der Waals surface area contributed by atoms with E-state index >= 15 is 0 Å². The van der Waals surface area contributed by atoms with Crippen LogP contribution in [0.25, 0.3) is 0 Å². The Hall–Kier alpha value is -0.0800. The smallest absolute Gasteiger partial charge is 0.00990 e. The average Bonchev–Trinajstić information content (AvgIpc) is 2.40. The van der Waals surface area contributed by atoms with Gasteiger partial charge in [-0.3, -0.25) is 0 Å². The molecule has 0 heterocycles. The molecule has 23 heavy (non-hydrogen) atoms. The largest absolute Gasteiger partial charge is 0.309 e. The number of hydrogen-bond acceptors (Lipinski definition) is 2. The molecule has 2 fully saturated rings. The van der Waals surface area contributed by atoms with Gasteiger partial charge in [0.05, 0.1) is 0 Å². The number of hydrogen-bond donors (Lipinski definition) is 2. The highest BCUT2D eigenvalue weighted by Gasteiger charge is 2.29. The minimum absolute atomic E-state index is 0.274. The first kappa shape index (κ1) is 19.2. The van der Waals surface area contributed by atoms with Crippen LogP contribution < -0.4 is 10.6 Å². The molecule has 2 saturated carbocycles. The highest BCUT2D eigenvalue weighted by molar-refractivity contribution is 4.86. The van der Waals surface area contributed by atoms with E-state index in [0.717, 1.165) is 23.9 Å². The zero-order chi connectivity index (χ0) is 17.1. The van der Waals surface area contributed by atoms with E-state index in [-0.39, 0.29) is 11.1 Å². The standard InChI is InChI=1S/C21H42N2/c1-20(2,3)22-18-11-7-16(8-12-18)15-17-9-13-19(14-10-17)23-21(4,5)6/h16-19,22-23H,7-15H2,1-6H3. The third-order valence-corrected chi connectivity index (χ3v) is 5.63. The van der Waals surface area contributed by atoms with E-state index < -0.39 is 0 Å². The summed E-state index contributed by atoms with van der Waals surface area (Å²) in [7, 11) is 0. The summed E-state index contributed by atoms with van der Waals surface area (Å²) in [6.07, 6.45) is 12.9. The molecule has 0 aliphatic heterocycles. The first-order chi connectivity index (χ1) is 10.6. The quantitative estimate of drug-likeness (QED) is 0.736. The number of nitrogens with one attached hydrogen (secondary N) is 2. The first-order valence-corrected chi connectivity index (χ1v) is 10.2. The molecule has 0 amide bonds. The Morgan fingerprint density at radius 1 is 0.565 bits per heavy atom. The molecule has 2 rings (SSSR count). The van der Waals surface area contributed by atoms with Gasteiger partial charge in [-0.1, -0.05) is 0 Å². The van der Waals surface area contributed by atoms with Crippen LogP contribution in [-0.4, -0.2) is 23.2 Å². The Morgan fingerprint density at radius 3 is 1.13 bits per heavy atom. The van der Waals surface area contributed by atoms with Gasteiger partial charge in [0.1, 0.15) is 0 Å². The topological polar surface area (TPSA) is 24.1 Å². The summed E-state index contributed by atoms with van der Waals surface area (Å²) in [5, 5.41) is 7.60. The van der Waals surface area contributed by atoms with E-state index in [4.69, 9.17) is 0 Å². The van der Waals surface area contributed by atoms with E-state index in [1.807, 2.05) is 0 Å². The summed E-state index contributed by atoms with van der Waals surface area (Å²) in [5.41, 5.74) is 0.548. The molecule has 0 saturated heterocycles. The molecule has 2 heteroatoms. The van der Waals surface area contributed by atoms with Gasteiger partial charge >= 0.3 is 0 Å². The lowest BCUT2D eigenvalue weighted by Gasteiger charge is -2.38. The Balaban J connectivity index is 1.64. The average molecular weight is 323 g/mol. The van der Waals surface area contributed by atoms with Crippen LogP contribution in [0.2, 0.25) is 0 Å². The van der Waals surface area contributed by atoms with Gasteiger partial charge in [0.15, 0.2) is 0 Å². The molecule has 0 aromatic carbocycles. The summed E-state index contributed by atoms with van der Waals surface area (Å²) in [4.78, 5) is 0. The predicted octanol–water partition coefficient (Wildman–Crippen LogP) is 5.27. The van der Waals surface area contributed by atoms with Crippen LogP contribution in [0.4, 0.5) is 0 Å². The summed E-state index contributed by atoms with van der Waals surface area (Å²) in [6, 6.07) is 1.52. The van der Waals surface area contributed by atoms with Crippen molar-refractivity contribution in [1.82, 2.24) is 10.6 Å². The van der Waals surface area contributed by atoms with Crippen molar-refractivity contribution in [1.29, 1.82) is 0 Å². The minimum atomic E-state index is 0.274. The molecule has 2 aliphatic rings. The van der Waals surface area contributed by atoms with E-state index in [2.05, 4.69) is 52.2 Å². The molecule has 0 aromatic heterocycles. The van der Waals surface area contributed by atoms with Crippen LogP contribution in [0.3, 0.4) is 0 Å². The molecule has 136 valence electrons.